The fourth-order valence-electron chi connectivity index (χ4n) is 6.47. The molecule has 3 aliphatic heterocycles. The highest BCUT2D eigenvalue weighted by molar-refractivity contribution is 7.14. The second-order valence-corrected chi connectivity index (χ2v) is 13.1. The molecule has 1 N–H and O–H groups in total. The van der Waals surface area contributed by atoms with Crippen LogP contribution in [0.3, 0.4) is 0 Å². The SMILES string of the molecule is Cc1ccc(OCc2ccc3c(c2)CCN(C2CCOCC2)C3)c(-c2csc(N3CC[C@](C)(C(=O)O)[C@@H](C)C3)n2)c1. The predicted molar refractivity (Wildman–Crippen MR) is 163 cm³/mol. The van der Waals surface area contributed by atoms with Crippen molar-refractivity contribution in [3.63, 3.8) is 0 Å². The van der Waals surface area contributed by atoms with Gasteiger partial charge in [0.05, 0.1) is 11.1 Å². The number of carbonyl (C=O) groups is 1. The number of carboxylic acid groups (broad SMARTS) is 1. The van der Waals surface area contributed by atoms with Crippen LogP contribution in [0.4, 0.5) is 5.13 Å². The first-order chi connectivity index (χ1) is 19.8. The van der Waals surface area contributed by atoms with E-state index in [1.807, 2.05) is 13.8 Å². The third kappa shape index (κ3) is 5.87. The van der Waals surface area contributed by atoms with Crippen LogP contribution in [0, 0.1) is 18.3 Å². The molecule has 1 aromatic heterocycles. The van der Waals surface area contributed by atoms with Crippen molar-refractivity contribution in [2.45, 2.75) is 65.6 Å². The van der Waals surface area contributed by atoms with Crippen LogP contribution < -0.4 is 9.64 Å². The van der Waals surface area contributed by atoms with Gasteiger partial charge in [0.2, 0.25) is 0 Å². The topological polar surface area (TPSA) is 75.1 Å². The number of benzene rings is 2. The quantitative estimate of drug-likeness (QED) is 0.361. The van der Waals surface area contributed by atoms with Crippen LogP contribution in [-0.4, -0.2) is 59.8 Å². The number of carboxylic acids is 1. The molecule has 2 fully saturated rings. The minimum absolute atomic E-state index is 0.0421. The summed E-state index contributed by atoms with van der Waals surface area (Å²) in [5, 5.41) is 12.8. The molecule has 41 heavy (non-hydrogen) atoms. The van der Waals surface area contributed by atoms with Gasteiger partial charge in [0.1, 0.15) is 12.4 Å². The molecule has 8 heteroatoms. The number of fused-ring (bicyclic) bond motifs is 1. The molecule has 4 heterocycles. The highest BCUT2D eigenvalue weighted by Gasteiger charge is 2.43. The number of thiazole rings is 1. The first kappa shape index (κ1) is 28.2. The van der Waals surface area contributed by atoms with Crippen LogP contribution in [0.1, 0.15) is 55.4 Å². The van der Waals surface area contributed by atoms with Crippen molar-refractivity contribution in [2.24, 2.45) is 11.3 Å². The molecule has 0 radical (unpaired) electrons. The van der Waals surface area contributed by atoms with Gasteiger partial charge < -0.3 is 19.5 Å². The van der Waals surface area contributed by atoms with Gasteiger partial charge in [-0.1, -0.05) is 36.8 Å². The zero-order valence-corrected chi connectivity index (χ0v) is 25.2. The van der Waals surface area contributed by atoms with E-state index in [1.54, 1.807) is 11.3 Å². The largest absolute Gasteiger partial charge is 0.488 e. The van der Waals surface area contributed by atoms with E-state index in [2.05, 4.69) is 58.5 Å². The second kappa shape index (κ2) is 11.7. The molecule has 2 saturated heterocycles. The molecule has 0 aliphatic carbocycles. The summed E-state index contributed by atoms with van der Waals surface area (Å²) in [4.78, 5) is 21.7. The first-order valence-electron chi connectivity index (χ1n) is 14.9. The van der Waals surface area contributed by atoms with Crippen molar-refractivity contribution in [3.8, 4) is 17.0 Å². The standard InChI is InChI=1S/C33H41N3O4S/c1-22-4-7-30(28(16-22)29-21-41-32(34-29)36-13-11-33(3,31(37)38)23(2)18-36)40-20-24-5-6-26-19-35(12-8-25(26)17-24)27-9-14-39-15-10-27/h4-7,16-17,21,23,27H,8-15,18-20H2,1-3H3,(H,37,38)/t23-,33-/m0/s1. The third-order valence-electron chi connectivity index (χ3n) is 9.56. The zero-order valence-electron chi connectivity index (χ0n) is 24.4. The highest BCUT2D eigenvalue weighted by atomic mass is 32.1. The Morgan fingerprint density at radius 1 is 1.17 bits per heavy atom. The maximum atomic E-state index is 11.8. The second-order valence-electron chi connectivity index (χ2n) is 12.3. The number of aliphatic carboxylic acids is 1. The molecule has 6 rings (SSSR count). The number of nitrogens with zero attached hydrogens (tertiary/aromatic N) is 3. The van der Waals surface area contributed by atoms with Crippen LogP contribution in [0.15, 0.2) is 41.8 Å². The van der Waals surface area contributed by atoms with Gasteiger partial charge in [-0.15, -0.1) is 11.3 Å². The van der Waals surface area contributed by atoms with Gasteiger partial charge in [0, 0.05) is 56.4 Å². The maximum absolute atomic E-state index is 11.8. The molecule has 7 nitrogen and oxygen atoms in total. The van der Waals surface area contributed by atoms with Crippen molar-refractivity contribution in [1.82, 2.24) is 9.88 Å². The Morgan fingerprint density at radius 2 is 2.00 bits per heavy atom. The Hall–Kier alpha value is -2.94. The van der Waals surface area contributed by atoms with E-state index in [-0.39, 0.29) is 5.92 Å². The smallest absolute Gasteiger partial charge is 0.309 e. The summed E-state index contributed by atoms with van der Waals surface area (Å²) in [6.07, 6.45) is 3.98. The predicted octanol–water partition coefficient (Wildman–Crippen LogP) is 6.17. The van der Waals surface area contributed by atoms with Gasteiger partial charge >= 0.3 is 5.97 Å². The Morgan fingerprint density at radius 3 is 2.78 bits per heavy atom. The fourth-order valence-corrected chi connectivity index (χ4v) is 7.34. The Bertz CT molecular complexity index is 1400. The minimum atomic E-state index is -0.707. The van der Waals surface area contributed by atoms with E-state index in [9.17, 15) is 9.90 Å². The Balaban J connectivity index is 1.13. The number of aryl methyl sites for hydroxylation is 1. The van der Waals surface area contributed by atoms with E-state index in [4.69, 9.17) is 14.5 Å². The average molecular weight is 576 g/mol. The Labute approximate surface area is 247 Å². The molecule has 0 amide bonds. The lowest BCUT2D eigenvalue weighted by atomic mass is 9.73. The van der Waals surface area contributed by atoms with Crippen LogP contribution in [-0.2, 0) is 29.1 Å². The fraction of sp³-hybridized carbons (Fsp3) is 0.515. The normalized spacial score (nSPS) is 23.8. The average Bonchev–Trinajstić information content (AvgIpc) is 3.48. The summed E-state index contributed by atoms with van der Waals surface area (Å²) in [6.45, 7) is 11.8. The van der Waals surface area contributed by atoms with Gasteiger partial charge in [0.25, 0.3) is 0 Å². The number of anilines is 1. The summed E-state index contributed by atoms with van der Waals surface area (Å²) in [5.74, 6) is 0.170. The monoisotopic (exact) mass is 575 g/mol. The Kier molecular flexibility index (Phi) is 8.07. The lowest BCUT2D eigenvalue weighted by Crippen LogP contribution is -2.48. The summed E-state index contributed by atoms with van der Waals surface area (Å²) in [5.41, 5.74) is 6.45. The number of hydrogen-bond donors (Lipinski definition) is 1. The van der Waals surface area contributed by atoms with Gasteiger partial charge in [0.15, 0.2) is 5.13 Å². The van der Waals surface area contributed by atoms with Crippen LogP contribution in [0.2, 0.25) is 0 Å². The van der Waals surface area contributed by atoms with Crippen LogP contribution in [0.5, 0.6) is 5.75 Å². The zero-order chi connectivity index (χ0) is 28.6. The maximum Gasteiger partial charge on any atom is 0.309 e. The molecule has 3 aromatic rings. The molecule has 218 valence electrons. The van der Waals surface area contributed by atoms with E-state index in [0.29, 0.717) is 32.2 Å². The van der Waals surface area contributed by atoms with Crippen molar-refractivity contribution in [2.75, 3.05) is 37.7 Å². The van der Waals surface area contributed by atoms with E-state index >= 15 is 0 Å². The van der Waals surface area contributed by atoms with Crippen molar-refractivity contribution >= 4 is 22.4 Å². The summed E-state index contributed by atoms with van der Waals surface area (Å²) in [6, 6.07) is 13.8. The molecule has 0 unspecified atom stereocenters. The minimum Gasteiger partial charge on any atom is -0.488 e. The molecule has 3 aliphatic rings. The van der Waals surface area contributed by atoms with E-state index in [1.165, 1.54) is 16.7 Å². The number of aromatic nitrogens is 1. The summed E-state index contributed by atoms with van der Waals surface area (Å²) in [7, 11) is 0. The lowest BCUT2D eigenvalue weighted by molar-refractivity contribution is -0.152. The molecule has 0 spiro atoms. The highest BCUT2D eigenvalue weighted by Crippen LogP contribution is 2.40. The molecule has 0 saturated carbocycles. The van der Waals surface area contributed by atoms with Gasteiger partial charge in [-0.25, -0.2) is 4.98 Å². The van der Waals surface area contributed by atoms with Crippen LogP contribution >= 0.6 is 11.3 Å². The van der Waals surface area contributed by atoms with Crippen molar-refractivity contribution < 1.29 is 19.4 Å². The third-order valence-corrected chi connectivity index (χ3v) is 10.5. The number of hydrogen-bond acceptors (Lipinski definition) is 7. The molecular weight excluding hydrogens is 534 g/mol. The van der Waals surface area contributed by atoms with E-state index < -0.39 is 11.4 Å². The molecular formula is C33H41N3O4S. The van der Waals surface area contributed by atoms with Gasteiger partial charge in [-0.3, -0.25) is 9.69 Å². The van der Waals surface area contributed by atoms with Crippen molar-refractivity contribution in [3.05, 3.63) is 64.0 Å². The van der Waals surface area contributed by atoms with Gasteiger partial charge in [-0.2, -0.15) is 0 Å². The van der Waals surface area contributed by atoms with Gasteiger partial charge in [-0.05, 0) is 74.3 Å². The van der Waals surface area contributed by atoms with E-state index in [0.717, 1.165) is 73.3 Å². The van der Waals surface area contributed by atoms with Crippen molar-refractivity contribution in [1.29, 1.82) is 0 Å². The molecule has 2 atom stereocenters. The lowest BCUT2D eigenvalue weighted by Gasteiger charge is -2.41. The summed E-state index contributed by atoms with van der Waals surface area (Å²) >= 11 is 1.62. The first-order valence-corrected chi connectivity index (χ1v) is 15.8. The van der Waals surface area contributed by atoms with Crippen LogP contribution in [0.25, 0.3) is 11.3 Å². The summed E-state index contributed by atoms with van der Waals surface area (Å²) < 4.78 is 12.0. The number of rotatable bonds is 7. The molecule has 2 aromatic carbocycles. The number of piperidine rings is 1. The number of ether oxygens (including phenoxy) is 2. The molecule has 0 bridgehead atoms.